The first-order valence-electron chi connectivity index (χ1n) is 6.14. The summed E-state index contributed by atoms with van der Waals surface area (Å²) in [5.74, 6) is -1.46. The maximum Gasteiger partial charge on any atom is 0.389 e. The quantitative estimate of drug-likeness (QED) is 0.598. The van der Waals surface area contributed by atoms with Gasteiger partial charge in [-0.2, -0.15) is 13.2 Å². The van der Waals surface area contributed by atoms with Crippen molar-refractivity contribution >= 4 is 29.3 Å². The van der Waals surface area contributed by atoms with Gasteiger partial charge in [-0.15, -0.1) is 11.3 Å². The molecule has 0 radical (unpaired) electrons. The van der Waals surface area contributed by atoms with Gasteiger partial charge in [0.05, 0.1) is 4.88 Å². The summed E-state index contributed by atoms with van der Waals surface area (Å²) in [5.41, 5.74) is 0. The Kier molecular flexibility index (Phi) is 6.41. The molecule has 8 heteroatoms. The average Bonchev–Trinajstić information content (AvgIpc) is 2.83. The van der Waals surface area contributed by atoms with Crippen LogP contribution in [0.1, 0.15) is 33.8 Å². The first kappa shape index (κ1) is 17.2. The largest absolute Gasteiger partial charge is 0.478 e. The van der Waals surface area contributed by atoms with Crippen molar-refractivity contribution in [3.8, 4) is 0 Å². The van der Waals surface area contributed by atoms with Crippen molar-refractivity contribution in [1.82, 2.24) is 5.32 Å². The molecule has 0 aliphatic carbocycles. The van der Waals surface area contributed by atoms with Crippen LogP contribution in [0.2, 0.25) is 0 Å². The van der Waals surface area contributed by atoms with Gasteiger partial charge in [0.15, 0.2) is 0 Å². The molecular weight excluding hydrogens is 307 g/mol. The fraction of sp³-hybridized carbons (Fsp3) is 0.385. The maximum absolute atomic E-state index is 11.9. The number of alkyl halides is 3. The normalized spacial score (nSPS) is 11.8. The second-order valence-electron chi connectivity index (χ2n) is 4.20. The molecule has 0 aromatic carbocycles. The Morgan fingerprint density at radius 2 is 2.00 bits per heavy atom. The summed E-state index contributed by atoms with van der Waals surface area (Å²) in [6, 6.07) is 3.14. The number of unbranched alkanes of at least 4 members (excludes halogenated alkanes) is 1. The molecule has 0 saturated heterocycles. The van der Waals surface area contributed by atoms with Crippen LogP contribution in [0.4, 0.5) is 13.2 Å². The zero-order chi connectivity index (χ0) is 15.9. The average molecular weight is 321 g/mol. The standard InChI is InChI=1S/C13H14F3NO3S/c14-13(15,16)7-1-2-8-17-12(20)10-5-3-9(21-10)4-6-11(18)19/h3-6H,1-2,7-8H2,(H,17,20)(H,18,19)/b6-4+. The SMILES string of the molecule is O=C(O)/C=C/c1ccc(C(=O)NCCCCC(F)(F)F)s1. The van der Waals surface area contributed by atoms with Gasteiger partial charge >= 0.3 is 12.1 Å². The third kappa shape index (κ3) is 7.50. The Hall–Kier alpha value is -1.83. The number of carboxylic acids is 1. The molecule has 1 aromatic heterocycles. The van der Waals surface area contributed by atoms with Crippen LogP contribution in [0.15, 0.2) is 18.2 Å². The summed E-state index contributed by atoms with van der Waals surface area (Å²) in [4.78, 5) is 23.0. The van der Waals surface area contributed by atoms with Crippen molar-refractivity contribution in [2.75, 3.05) is 6.54 Å². The molecule has 1 heterocycles. The van der Waals surface area contributed by atoms with E-state index in [2.05, 4.69) is 5.32 Å². The summed E-state index contributed by atoms with van der Waals surface area (Å²) in [6.07, 6.45) is -2.46. The molecule has 116 valence electrons. The van der Waals surface area contributed by atoms with Crippen molar-refractivity contribution in [2.45, 2.75) is 25.4 Å². The van der Waals surface area contributed by atoms with Crippen LogP contribution >= 0.6 is 11.3 Å². The van der Waals surface area contributed by atoms with Gasteiger partial charge in [-0.05, 0) is 31.1 Å². The summed E-state index contributed by atoms with van der Waals surface area (Å²) < 4.78 is 35.7. The van der Waals surface area contributed by atoms with Crippen LogP contribution in [0.3, 0.4) is 0 Å². The molecule has 0 spiro atoms. The topological polar surface area (TPSA) is 66.4 Å². The van der Waals surface area contributed by atoms with Crippen molar-refractivity contribution in [1.29, 1.82) is 0 Å². The zero-order valence-electron chi connectivity index (χ0n) is 10.9. The molecule has 1 aromatic rings. The van der Waals surface area contributed by atoms with E-state index in [0.29, 0.717) is 9.75 Å². The van der Waals surface area contributed by atoms with Crippen molar-refractivity contribution in [2.24, 2.45) is 0 Å². The van der Waals surface area contributed by atoms with E-state index in [4.69, 9.17) is 5.11 Å². The molecule has 21 heavy (non-hydrogen) atoms. The highest BCUT2D eigenvalue weighted by molar-refractivity contribution is 7.14. The monoisotopic (exact) mass is 321 g/mol. The van der Waals surface area contributed by atoms with Gasteiger partial charge < -0.3 is 10.4 Å². The van der Waals surface area contributed by atoms with E-state index in [-0.39, 0.29) is 25.3 Å². The number of amides is 1. The smallest absolute Gasteiger partial charge is 0.389 e. The first-order valence-corrected chi connectivity index (χ1v) is 6.95. The highest BCUT2D eigenvalue weighted by Gasteiger charge is 2.25. The maximum atomic E-state index is 11.9. The molecule has 2 N–H and O–H groups in total. The molecule has 0 fully saturated rings. The minimum absolute atomic E-state index is 0.0270. The Morgan fingerprint density at radius 3 is 2.62 bits per heavy atom. The minimum atomic E-state index is -4.16. The van der Waals surface area contributed by atoms with Gasteiger partial charge in [0.1, 0.15) is 0 Å². The molecule has 0 unspecified atom stereocenters. The van der Waals surface area contributed by atoms with Crippen LogP contribution in [-0.4, -0.2) is 29.7 Å². The number of aliphatic carboxylic acids is 1. The summed E-state index contributed by atoms with van der Waals surface area (Å²) in [6.45, 7) is 0.174. The molecule has 4 nitrogen and oxygen atoms in total. The highest BCUT2D eigenvalue weighted by Crippen LogP contribution is 2.22. The number of halogens is 3. The second-order valence-corrected chi connectivity index (χ2v) is 5.32. The van der Waals surface area contributed by atoms with E-state index in [0.717, 1.165) is 17.4 Å². The number of carbonyl (C=O) groups excluding carboxylic acids is 1. The molecule has 0 aliphatic rings. The third-order valence-electron chi connectivity index (χ3n) is 2.41. The van der Waals surface area contributed by atoms with E-state index in [1.807, 2.05) is 0 Å². The number of hydrogen-bond acceptors (Lipinski definition) is 3. The summed E-state index contributed by atoms with van der Waals surface area (Å²) in [7, 11) is 0. The molecular formula is C13H14F3NO3S. The van der Waals surface area contributed by atoms with Gasteiger partial charge in [0.2, 0.25) is 0 Å². The number of nitrogens with one attached hydrogen (secondary N) is 1. The van der Waals surface area contributed by atoms with E-state index in [1.54, 1.807) is 6.07 Å². The molecule has 0 aliphatic heterocycles. The lowest BCUT2D eigenvalue weighted by molar-refractivity contribution is -0.135. The predicted octanol–water partition coefficient (Wildman–Crippen LogP) is 3.31. The van der Waals surface area contributed by atoms with E-state index >= 15 is 0 Å². The van der Waals surface area contributed by atoms with Gasteiger partial charge in [-0.25, -0.2) is 4.79 Å². The Labute approximate surface area is 123 Å². The third-order valence-corrected chi connectivity index (χ3v) is 3.46. The number of hydrogen-bond donors (Lipinski definition) is 2. The number of carbonyl (C=O) groups is 2. The lowest BCUT2D eigenvalue weighted by atomic mass is 10.2. The van der Waals surface area contributed by atoms with Crippen molar-refractivity contribution < 1.29 is 27.9 Å². The lowest BCUT2D eigenvalue weighted by Gasteiger charge is -2.06. The van der Waals surface area contributed by atoms with Gasteiger partial charge in [0.25, 0.3) is 5.91 Å². The van der Waals surface area contributed by atoms with Crippen LogP contribution < -0.4 is 5.32 Å². The van der Waals surface area contributed by atoms with Gasteiger partial charge in [-0.1, -0.05) is 0 Å². The molecule has 0 atom stereocenters. The van der Waals surface area contributed by atoms with E-state index < -0.39 is 18.6 Å². The van der Waals surface area contributed by atoms with Crippen LogP contribution in [-0.2, 0) is 4.79 Å². The zero-order valence-corrected chi connectivity index (χ0v) is 11.8. The van der Waals surface area contributed by atoms with E-state index in [9.17, 15) is 22.8 Å². The molecule has 1 amide bonds. The Morgan fingerprint density at radius 1 is 1.29 bits per heavy atom. The number of carboxylic acid groups (broad SMARTS) is 1. The Bertz CT molecular complexity index is 523. The molecule has 1 rings (SSSR count). The summed E-state index contributed by atoms with van der Waals surface area (Å²) >= 11 is 1.11. The summed E-state index contributed by atoms with van der Waals surface area (Å²) in [5, 5.41) is 11.0. The van der Waals surface area contributed by atoms with E-state index in [1.165, 1.54) is 12.1 Å². The first-order chi connectivity index (χ1) is 9.78. The van der Waals surface area contributed by atoms with Crippen LogP contribution in [0, 0.1) is 0 Å². The predicted molar refractivity (Wildman–Crippen MR) is 73.2 cm³/mol. The highest BCUT2D eigenvalue weighted by atomic mass is 32.1. The fourth-order valence-corrected chi connectivity index (χ4v) is 2.28. The molecule has 0 saturated carbocycles. The number of rotatable bonds is 7. The van der Waals surface area contributed by atoms with Crippen molar-refractivity contribution in [3.63, 3.8) is 0 Å². The Balaban J connectivity index is 2.34. The van der Waals surface area contributed by atoms with Crippen molar-refractivity contribution in [3.05, 3.63) is 28.0 Å². The minimum Gasteiger partial charge on any atom is -0.478 e. The number of thiophene rings is 1. The molecule has 0 bridgehead atoms. The fourth-order valence-electron chi connectivity index (χ4n) is 1.46. The lowest BCUT2D eigenvalue weighted by Crippen LogP contribution is -2.23. The second kappa shape index (κ2) is 7.82. The van der Waals surface area contributed by atoms with Gasteiger partial charge in [0, 0.05) is 23.9 Å². The van der Waals surface area contributed by atoms with Crippen LogP contribution in [0.5, 0.6) is 0 Å². The van der Waals surface area contributed by atoms with Gasteiger partial charge in [-0.3, -0.25) is 4.79 Å². The van der Waals surface area contributed by atoms with Crippen LogP contribution in [0.25, 0.3) is 6.08 Å².